The van der Waals surface area contributed by atoms with Gasteiger partial charge in [0.15, 0.2) is 6.10 Å². The third-order valence-corrected chi connectivity index (χ3v) is 16.7. The minimum atomic E-state index is -4.66. The number of phosphoric acid groups is 1. The first kappa shape index (κ1) is 89.4. The van der Waals surface area contributed by atoms with Gasteiger partial charge in [-0.25, -0.2) is 0 Å². The number of likely N-dealkylation sites (N-methyl/N-ethyl adjacent to an activating group) is 1. The highest BCUT2D eigenvalue weighted by Crippen LogP contribution is 2.38. The van der Waals surface area contributed by atoms with E-state index in [1.54, 1.807) is 0 Å². The average molecular weight is 1320 g/mol. The van der Waals surface area contributed by atoms with Crippen LogP contribution < -0.4 is 4.89 Å². The maximum Gasteiger partial charge on any atom is 0.306 e. The smallest absolute Gasteiger partial charge is 0.306 e. The highest BCUT2D eigenvalue weighted by Gasteiger charge is 2.22. The summed E-state index contributed by atoms with van der Waals surface area (Å²) in [5.41, 5.74) is 0. The Bertz CT molecular complexity index is 2200. The van der Waals surface area contributed by atoms with E-state index in [-0.39, 0.29) is 32.0 Å². The molecule has 0 fully saturated rings. The Morgan fingerprint density at radius 2 is 0.574 bits per heavy atom. The summed E-state index contributed by atoms with van der Waals surface area (Å²) < 4.78 is 34.4. The minimum absolute atomic E-state index is 0.0395. The molecule has 0 aliphatic heterocycles. The van der Waals surface area contributed by atoms with Crippen LogP contribution >= 0.6 is 7.82 Å². The molecule has 2 unspecified atom stereocenters. The number of hydrogen-bond acceptors (Lipinski definition) is 8. The standard InChI is InChI=1S/C84H140NO8P/c1-6-8-10-12-14-16-18-20-22-24-26-28-30-32-34-36-38-39-40-41-42-43-44-45-47-49-51-53-55-57-59-61-63-65-67-69-71-73-75-77-84(87)93-82(81-92-94(88,89)91-79-78-85(3,4)5)80-90-83(86)76-74-72-70-68-66-64-62-60-58-56-54-52-50-48-46-37-35-33-31-29-27-25-23-21-19-17-15-13-11-9-7-2/h8-11,14-17,20-23,26-29,32,34,38-39,41-42,44-45,49,51,55,57,82H,6-7,12-13,18-19,24-25,30-31,33,35-37,40,43,46-48,50,52-54,56,58-81H2,1-5H3/b10-8-,11-9-,16-14-,17-15-,22-20-,23-21-,28-26-,29-27-,34-32-,39-38-,42-41-,45-44-,51-49-,57-55-. The lowest BCUT2D eigenvalue weighted by Gasteiger charge is -2.28. The van der Waals surface area contributed by atoms with Crippen molar-refractivity contribution < 1.29 is 42.1 Å². The van der Waals surface area contributed by atoms with Crippen LogP contribution in [-0.4, -0.2) is 70.0 Å². The molecule has 10 heteroatoms. The monoisotopic (exact) mass is 1320 g/mol. The summed E-state index contributed by atoms with van der Waals surface area (Å²) in [7, 11) is 1.15. The summed E-state index contributed by atoms with van der Waals surface area (Å²) in [6.45, 7) is 4.01. The molecule has 0 radical (unpaired) electrons. The number of allylic oxidation sites excluding steroid dienone is 28. The van der Waals surface area contributed by atoms with E-state index in [1.807, 2.05) is 21.1 Å². The van der Waals surface area contributed by atoms with Gasteiger partial charge in [0.25, 0.3) is 7.82 Å². The molecule has 94 heavy (non-hydrogen) atoms. The summed E-state index contributed by atoms with van der Waals surface area (Å²) in [6, 6.07) is 0. The van der Waals surface area contributed by atoms with Crippen LogP contribution in [0.3, 0.4) is 0 Å². The zero-order valence-electron chi connectivity index (χ0n) is 60.8. The van der Waals surface area contributed by atoms with Gasteiger partial charge in [-0.15, -0.1) is 0 Å². The van der Waals surface area contributed by atoms with Crippen LogP contribution in [-0.2, 0) is 32.7 Å². The van der Waals surface area contributed by atoms with E-state index in [4.69, 9.17) is 18.5 Å². The number of carbonyl (C=O) groups is 2. The molecule has 0 bridgehead atoms. The Balaban J connectivity index is 4.08. The number of hydrogen-bond donors (Lipinski definition) is 0. The lowest BCUT2D eigenvalue weighted by molar-refractivity contribution is -0.870. The number of nitrogens with zero attached hydrogens (tertiary/aromatic N) is 1. The van der Waals surface area contributed by atoms with Gasteiger partial charge in [-0.2, -0.15) is 0 Å². The molecule has 0 amide bonds. The molecule has 0 saturated heterocycles. The Morgan fingerprint density at radius 3 is 0.851 bits per heavy atom. The van der Waals surface area contributed by atoms with Gasteiger partial charge in [0.05, 0.1) is 27.7 Å². The van der Waals surface area contributed by atoms with Crippen LogP contribution in [0.5, 0.6) is 0 Å². The van der Waals surface area contributed by atoms with Crippen molar-refractivity contribution in [3.05, 3.63) is 170 Å². The van der Waals surface area contributed by atoms with E-state index in [1.165, 1.54) is 128 Å². The van der Waals surface area contributed by atoms with E-state index in [9.17, 15) is 19.0 Å². The van der Waals surface area contributed by atoms with Crippen LogP contribution in [0.25, 0.3) is 0 Å². The Labute approximate surface area is 578 Å². The molecule has 0 heterocycles. The quantitative estimate of drug-likeness (QED) is 0.0195. The van der Waals surface area contributed by atoms with Crippen molar-refractivity contribution in [1.29, 1.82) is 0 Å². The third-order valence-electron chi connectivity index (χ3n) is 15.7. The van der Waals surface area contributed by atoms with Gasteiger partial charge in [0.2, 0.25) is 0 Å². The molecule has 9 nitrogen and oxygen atoms in total. The summed E-state index contributed by atoms with van der Waals surface area (Å²) >= 11 is 0. The molecule has 0 spiro atoms. The van der Waals surface area contributed by atoms with E-state index in [2.05, 4.69) is 184 Å². The van der Waals surface area contributed by atoms with E-state index in [0.717, 1.165) is 135 Å². The number of esters is 2. The van der Waals surface area contributed by atoms with Crippen molar-refractivity contribution >= 4 is 19.8 Å². The maximum absolute atomic E-state index is 12.9. The highest BCUT2D eigenvalue weighted by molar-refractivity contribution is 7.45. The van der Waals surface area contributed by atoms with Crippen molar-refractivity contribution in [2.45, 2.75) is 302 Å². The zero-order valence-corrected chi connectivity index (χ0v) is 61.7. The van der Waals surface area contributed by atoms with Gasteiger partial charge in [0.1, 0.15) is 19.8 Å². The molecule has 0 aliphatic rings. The predicted molar refractivity (Wildman–Crippen MR) is 406 cm³/mol. The molecule has 0 aliphatic carbocycles. The van der Waals surface area contributed by atoms with Crippen LogP contribution in [0.1, 0.15) is 296 Å². The van der Waals surface area contributed by atoms with Gasteiger partial charge < -0.3 is 27.9 Å². The molecule has 0 aromatic heterocycles. The fourth-order valence-electron chi connectivity index (χ4n) is 10.0. The zero-order chi connectivity index (χ0) is 68.3. The van der Waals surface area contributed by atoms with Crippen LogP contribution in [0, 0.1) is 0 Å². The molecule has 2 atom stereocenters. The van der Waals surface area contributed by atoms with Crippen LogP contribution in [0.15, 0.2) is 170 Å². The van der Waals surface area contributed by atoms with E-state index < -0.39 is 26.5 Å². The molecule has 0 saturated carbocycles. The molecular weight excluding hydrogens is 1180 g/mol. The first-order valence-corrected chi connectivity index (χ1v) is 39.3. The molecule has 0 rings (SSSR count). The number of quaternary nitrogens is 1. The van der Waals surface area contributed by atoms with Gasteiger partial charge >= 0.3 is 11.9 Å². The highest BCUT2D eigenvalue weighted by atomic mass is 31.2. The number of rotatable bonds is 68. The third kappa shape index (κ3) is 76.4. The van der Waals surface area contributed by atoms with Crippen molar-refractivity contribution in [2.75, 3.05) is 47.5 Å². The van der Waals surface area contributed by atoms with Crippen molar-refractivity contribution in [2.24, 2.45) is 0 Å². The lowest BCUT2D eigenvalue weighted by atomic mass is 10.0. The molecular formula is C84H140NO8P. The Kier molecular flexibility index (Phi) is 69.1. The van der Waals surface area contributed by atoms with Crippen molar-refractivity contribution in [3.8, 4) is 0 Å². The molecule has 0 N–H and O–H groups in total. The predicted octanol–water partition coefficient (Wildman–Crippen LogP) is 24.6. The van der Waals surface area contributed by atoms with Crippen LogP contribution in [0.4, 0.5) is 0 Å². The average Bonchev–Trinajstić information content (AvgIpc) is 1.56. The van der Waals surface area contributed by atoms with Crippen molar-refractivity contribution in [3.63, 3.8) is 0 Å². The molecule has 0 aromatic carbocycles. The first-order valence-electron chi connectivity index (χ1n) is 37.8. The number of ether oxygens (including phenoxy) is 2. The Hall–Kier alpha value is -4.63. The maximum atomic E-state index is 12.9. The molecule has 534 valence electrons. The van der Waals surface area contributed by atoms with Crippen LogP contribution in [0.2, 0.25) is 0 Å². The second kappa shape index (κ2) is 72.6. The normalized spacial score (nSPS) is 14.1. The number of phosphoric ester groups is 1. The fraction of sp³-hybridized carbons (Fsp3) is 0.643. The van der Waals surface area contributed by atoms with Gasteiger partial charge in [-0.1, -0.05) is 325 Å². The summed E-state index contributed by atoms with van der Waals surface area (Å²) in [4.78, 5) is 38.1. The topological polar surface area (TPSA) is 111 Å². The minimum Gasteiger partial charge on any atom is -0.756 e. The largest absolute Gasteiger partial charge is 0.756 e. The van der Waals surface area contributed by atoms with Gasteiger partial charge in [-0.3, -0.25) is 14.2 Å². The second-order valence-electron chi connectivity index (χ2n) is 25.9. The van der Waals surface area contributed by atoms with Gasteiger partial charge in [0, 0.05) is 12.8 Å². The number of carbonyl (C=O) groups excluding carboxylic acids is 2. The SMILES string of the molecule is CC/C=C\C/C=C\C/C=C\C/C=C\C/C=C\C/C=C\C/C=C\C/C=C\C/C=C\C/C=C\CCCCCCCCCCC(=O)OC(COC(=O)CCCCCCCCCCCCCCCCCCCC/C=C\C/C=C\C/C=C\C/C=C\CC)COP(=O)([O-])OCC[N+](C)(C)C. The second-order valence-corrected chi connectivity index (χ2v) is 27.3. The lowest BCUT2D eigenvalue weighted by Crippen LogP contribution is -2.37. The summed E-state index contributed by atoms with van der Waals surface area (Å²) in [5.74, 6) is -0.844. The number of unbranched alkanes of at least 4 members (excludes halogenated alkanes) is 26. The first-order chi connectivity index (χ1) is 46.0. The fourth-order valence-corrected chi connectivity index (χ4v) is 10.8. The summed E-state index contributed by atoms with van der Waals surface area (Å²) in [5, 5.41) is 0. The van der Waals surface area contributed by atoms with E-state index >= 15 is 0 Å². The molecule has 0 aromatic rings. The Morgan fingerprint density at radius 1 is 0.330 bits per heavy atom. The van der Waals surface area contributed by atoms with E-state index in [0.29, 0.717) is 17.4 Å². The summed E-state index contributed by atoms with van der Waals surface area (Å²) in [6.07, 6.45) is 110. The van der Waals surface area contributed by atoms with Crippen molar-refractivity contribution in [1.82, 2.24) is 0 Å². The van der Waals surface area contributed by atoms with Gasteiger partial charge in [-0.05, 0) is 128 Å².